The van der Waals surface area contributed by atoms with E-state index in [1.165, 1.54) is 18.4 Å². The third kappa shape index (κ3) is 3.98. The van der Waals surface area contributed by atoms with E-state index in [0.29, 0.717) is 10.7 Å². The summed E-state index contributed by atoms with van der Waals surface area (Å²) in [4.78, 5) is 0.628. The molecule has 0 saturated heterocycles. The van der Waals surface area contributed by atoms with Crippen molar-refractivity contribution < 1.29 is 0 Å². The van der Waals surface area contributed by atoms with Gasteiger partial charge in [-0.3, -0.25) is 0 Å². The summed E-state index contributed by atoms with van der Waals surface area (Å²) in [5.41, 5.74) is 1.45. The summed E-state index contributed by atoms with van der Waals surface area (Å²) in [5.74, 6) is 1.45. The summed E-state index contributed by atoms with van der Waals surface area (Å²) in [6, 6.07) is 10.8. The van der Waals surface area contributed by atoms with Gasteiger partial charge in [0, 0.05) is 4.83 Å². The fourth-order valence-corrected chi connectivity index (χ4v) is 2.50. The smallest absolute Gasteiger partial charge is 0.0200 e. The minimum Gasteiger partial charge on any atom is -0.0885 e. The van der Waals surface area contributed by atoms with Crippen molar-refractivity contribution >= 4 is 15.9 Å². The summed E-state index contributed by atoms with van der Waals surface area (Å²) < 4.78 is 0. The van der Waals surface area contributed by atoms with E-state index in [2.05, 4.69) is 67.0 Å². The molecule has 1 heteroatoms. The molecule has 84 valence electrons. The first kappa shape index (κ1) is 12.8. The van der Waals surface area contributed by atoms with Gasteiger partial charge in [-0.2, -0.15) is 0 Å². The Morgan fingerprint density at radius 1 is 1.13 bits per heavy atom. The van der Waals surface area contributed by atoms with Crippen molar-refractivity contribution in [3.05, 3.63) is 35.9 Å². The SMILES string of the molecule is CCC(Cc1ccccc1)C(Br)C(C)C. The fourth-order valence-electron chi connectivity index (χ4n) is 1.94. The van der Waals surface area contributed by atoms with Crippen LogP contribution in [-0.2, 0) is 6.42 Å². The van der Waals surface area contributed by atoms with E-state index in [0.717, 1.165) is 5.92 Å². The highest BCUT2D eigenvalue weighted by Crippen LogP contribution is 2.27. The maximum atomic E-state index is 3.83. The second-order valence-electron chi connectivity index (χ2n) is 4.55. The molecule has 0 nitrogen and oxygen atoms in total. The summed E-state index contributed by atoms with van der Waals surface area (Å²) in [7, 11) is 0. The van der Waals surface area contributed by atoms with E-state index in [4.69, 9.17) is 0 Å². The standard InChI is InChI=1S/C14H21Br/c1-4-13(14(15)11(2)3)10-12-8-6-5-7-9-12/h5-9,11,13-14H,4,10H2,1-3H3. The van der Waals surface area contributed by atoms with Gasteiger partial charge in [-0.15, -0.1) is 0 Å². The van der Waals surface area contributed by atoms with Crippen LogP contribution in [0, 0.1) is 11.8 Å². The van der Waals surface area contributed by atoms with Crippen LogP contribution in [-0.4, -0.2) is 4.83 Å². The zero-order chi connectivity index (χ0) is 11.3. The number of benzene rings is 1. The van der Waals surface area contributed by atoms with Crippen molar-refractivity contribution in [2.24, 2.45) is 11.8 Å². The molecule has 0 aliphatic rings. The lowest BCUT2D eigenvalue weighted by atomic mass is 9.89. The molecule has 0 amide bonds. The minimum atomic E-state index is 0.628. The second kappa shape index (κ2) is 6.32. The van der Waals surface area contributed by atoms with Gasteiger partial charge in [-0.1, -0.05) is 73.5 Å². The van der Waals surface area contributed by atoms with E-state index in [-0.39, 0.29) is 0 Å². The molecular formula is C14H21Br. The van der Waals surface area contributed by atoms with E-state index < -0.39 is 0 Å². The fraction of sp³-hybridized carbons (Fsp3) is 0.571. The number of hydrogen-bond donors (Lipinski definition) is 0. The van der Waals surface area contributed by atoms with Gasteiger partial charge in [0.05, 0.1) is 0 Å². The Hall–Kier alpha value is -0.300. The third-order valence-corrected chi connectivity index (χ3v) is 4.76. The molecule has 1 aromatic rings. The van der Waals surface area contributed by atoms with Crippen LogP contribution in [0.25, 0.3) is 0 Å². The highest BCUT2D eigenvalue weighted by Gasteiger charge is 2.20. The van der Waals surface area contributed by atoms with E-state index in [1.54, 1.807) is 0 Å². The Morgan fingerprint density at radius 2 is 1.73 bits per heavy atom. The van der Waals surface area contributed by atoms with Crippen LogP contribution in [0.2, 0.25) is 0 Å². The van der Waals surface area contributed by atoms with E-state index >= 15 is 0 Å². The second-order valence-corrected chi connectivity index (χ2v) is 5.60. The molecule has 15 heavy (non-hydrogen) atoms. The molecule has 0 aromatic heterocycles. The van der Waals surface area contributed by atoms with Gasteiger partial charge >= 0.3 is 0 Å². The Labute approximate surface area is 102 Å². The average Bonchev–Trinajstić information content (AvgIpc) is 2.26. The molecule has 1 aromatic carbocycles. The van der Waals surface area contributed by atoms with Crippen LogP contribution >= 0.6 is 15.9 Å². The van der Waals surface area contributed by atoms with Gasteiger partial charge in [0.15, 0.2) is 0 Å². The molecule has 0 fully saturated rings. The predicted octanol–water partition coefficient (Wildman–Crippen LogP) is 4.67. The largest absolute Gasteiger partial charge is 0.0885 e. The molecule has 0 N–H and O–H groups in total. The van der Waals surface area contributed by atoms with Gasteiger partial charge in [-0.05, 0) is 23.8 Å². The van der Waals surface area contributed by atoms with Gasteiger partial charge in [0.2, 0.25) is 0 Å². The van der Waals surface area contributed by atoms with Crippen molar-refractivity contribution in [3.8, 4) is 0 Å². The number of rotatable bonds is 5. The summed E-state index contributed by atoms with van der Waals surface area (Å²) in [5, 5.41) is 0. The summed E-state index contributed by atoms with van der Waals surface area (Å²) in [6.07, 6.45) is 2.43. The van der Waals surface area contributed by atoms with Crippen LogP contribution in [0.15, 0.2) is 30.3 Å². The molecule has 1 rings (SSSR count). The van der Waals surface area contributed by atoms with Crippen molar-refractivity contribution in [2.45, 2.75) is 38.4 Å². The topological polar surface area (TPSA) is 0 Å². The van der Waals surface area contributed by atoms with Crippen LogP contribution in [0.5, 0.6) is 0 Å². The zero-order valence-corrected chi connectivity index (χ0v) is 11.5. The molecular weight excluding hydrogens is 248 g/mol. The normalized spacial score (nSPS) is 15.3. The van der Waals surface area contributed by atoms with Gasteiger partial charge in [0.25, 0.3) is 0 Å². The Bertz CT molecular complexity index is 266. The van der Waals surface area contributed by atoms with E-state index in [9.17, 15) is 0 Å². The first-order chi connectivity index (χ1) is 7.15. The Morgan fingerprint density at radius 3 is 2.20 bits per heavy atom. The Balaban J connectivity index is 2.62. The van der Waals surface area contributed by atoms with Crippen molar-refractivity contribution in [2.75, 3.05) is 0 Å². The molecule has 0 radical (unpaired) electrons. The minimum absolute atomic E-state index is 0.628. The molecule has 2 unspecified atom stereocenters. The number of halogens is 1. The molecule has 2 atom stereocenters. The number of alkyl halides is 1. The quantitative estimate of drug-likeness (QED) is 0.681. The third-order valence-electron chi connectivity index (χ3n) is 2.95. The monoisotopic (exact) mass is 268 g/mol. The lowest BCUT2D eigenvalue weighted by Gasteiger charge is -2.24. The highest BCUT2D eigenvalue weighted by molar-refractivity contribution is 9.09. The molecule has 0 aliphatic carbocycles. The molecule has 0 spiro atoms. The maximum absolute atomic E-state index is 3.83. The molecule has 0 heterocycles. The van der Waals surface area contributed by atoms with Crippen molar-refractivity contribution in [1.82, 2.24) is 0 Å². The first-order valence-corrected chi connectivity index (χ1v) is 6.74. The summed E-state index contributed by atoms with van der Waals surface area (Å²) >= 11 is 3.83. The Kier molecular flexibility index (Phi) is 5.38. The number of hydrogen-bond acceptors (Lipinski definition) is 0. The predicted molar refractivity (Wildman–Crippen MR) is 71.5 cm³/mol. The van der Waals surface area contributed by atoms with Crippen LogP contribution in [0.1, 0.15) is 32.8 Å². The zero-order valence-electron chi connectivity index (χ0n) is 9.91. The van der Waals surface area contributed by atoms with Crippen LogP contribution in [0.4, 0.5) is 0 Å². The van der Waals surface area contributed by atoms with Gasteiger partial charge in [-0.25, -0.2) is 0 Å². The lowest BCUT2D eigenvalue weighted by molar-refractivity contribution is 0.418. The highest BCUT2D eigenvalue weighted by atomic mass is 79.9. The van der Waals surface area contributed by atoms with Gasteiger partial charge < -0.3 is 0 Å². The van der Waals surface area contributed by atoms with Crippen LogP contribution < -0.4 is 0 Å². The van der Waals surface area contributed by atoms with Crippen molar-refractivity contribution in [3.63, 3.8) is 0 Å². The average molecular weight is 269 g/mol. The molecule has 0 saturated carbocycles. The molecule has 0 bridgehead atoms. The lowest BCUT2D eigenvalue weighted by Crippen LogP contribution is -2.21. The first-order valence-electron chi connectivity index (χ1n) is 5.83. The van der Waals surface area contributed by atoms with Crippen molar-refractivity contribution in [1.29, 1.82) is 0 Å². The molecule has 0 aliphatic heterocycles. The van der Waals surface area contributed by atoms with Gasteiger partial charge in [0.1, 0.15) is 0 Å². The summed E-state index contributed by atoms with van der Waals surface area (Å²) in [6.45, 7) is 6.85. The van der Waals surface area contributed by atoms with Crippen LogP contribution in [0.3, 0.4) is 0 Å². The maximum Gasteiger partial charge on any atom is 0.0200 e. The van der Waals surface area contributed by atoms with E-state index in [1.807, 2.05) is 0 Å².